The zero-order valence-corrected chi connectivity index (χ0v) is 14.2. The van der Waals surface area contributed by atoms with E-state index in [1.807, 2.05) is 18.2 Å². The first-order valence-corrected chi connectivity index (χ1v) is 8.22. The van der Waals surface area contributed by atoms with E-state index in [-0.39, 0.29) is 5.82 Å². The lowest BCUT2D eigenvalue weighted by molar-refractivity contribution is 0.355. The molecule has 0 fully saturated rings. The monoisotopic (exact) mass is 356 g/mol. The van der Waals surface area contributed by atoms with E-state index in [0.29, 0.717) is 27.8 Å². The molecule has 0 aliphatic heterocycles. The van der Waals surface area contributed by atoms with Crippen molar-refractivity contribution < 1.29 is 13.9 Å². The Labute approximate surface area is 146 Å². The molecule has 4 aromatic rings. The molecule has 0 bridgehead atoms. The number of benzene rings is 2. The van der Waals surface area contributed by atoms with Gasteiger partial charge in [0.2, 0.25) is 4.96 Å². The van der Waals surface area contributed by atoms with Crippen molar-refractivity contribution in [3.05, 3.63) is 48.3 Å². The highest BCUT2D eigenvalue weighted by Crippen LogP contribution is 2.34. The Morgan fingerprint density at radius 1 is 0.960 bits per heavy atom. The smallest absolute Gasteiger partial charge is 0.235 e. The van der Waals surface area contributed by atoms with Gasteiger partial charge in [0.15, 0.2) is 17.3 Å². The van der Waals surface area contributed by atoms with E-state index in [2.05, 4.69) is 15.3 Å². The van der Waals surface area contributed by atoms with Gasteiger partial charge in [-0.2, -0.15) is 9.61 Å². The summed E-state index contributed by atoms with van der Waals surface area (Å²) >= 11 is 1.39. The molecule has 0 radical (unpaired) electrons. The predicted molar refractivity (Wildman–Crippen MR) is 92.6 cm³/mol. The minimum atomic E-state index is -0.329. The molecule has 0 saturated heterocycles. The summed E-state index contributed by atoms with van der Waals surface area (Å²) in [5, 5.41) is 13.6. The van der Waals surface area contributed by atoms with Crippen LogP contribution < -0.4 is 9.47 Å². The van der Waals surface area contributed by atoms with Crippen LogP contribution in [0.15, 0.2) is 42.5 Å². The van der Waals surface area contributed by atoms with Crippen molar-refractivity contribution >= 4 is 16.3 Å². The third-order valence-corrected chi connectivity index (χ3v) is 4.65. The minimum Gasteiger partial charge on any atom is -0.493 e. The van der Waals surface area contributed by atoms with Crippen LogP contribution in [0.4, 0.5) is 4.39 Å². The second-order valence-electron chi connectivity index (χ2n) is 5.21. The van der Waals surface area contributed by atoms with Gasteiger partial charge in [-0.15, -0.1) is 10.2 Å². The van der Waals surface area contributed by atoms with Gasteiger partial charge in [0.1, 0.15) is 10.8 Å². The van der Waals surface area contributed by atoms with Gasteiger partial charge >= 0.3 is 0 Å². The van der Waals surface area contributed by atoms with E-state index in [0.717, 1.165) is 10.6 Å². The number of methoxy groups -OCH3 is 2. The number of aromatic nitrogens is 4. The molecule has 0 aliphatic rings. The standard InChI is InChI=1S/C17H13FN4O2S/c1-23-13-7-6-11(9-14(13)24-2)16-21-22-15(19-20-17(22)25-16)10-4-3-5-12(18)8-10/h3-9H,1-2H3. The number of fused-ring (bicyclic) bond motifs is 1. The number of hydrogen-bond acceptors (Lipinski definition) is 6. The van der Waals surface area contributed by atoms with E-state index in [1.165, 1.54) is 23.5 Å². The number of rotatable bonds is 4. The Morgan fingerprint density at radius 3 is 2.56 bits per heavy atom. The van der Waals surface area contributed by atoms with Crippen molar-refractivity contribution in [2.24, 2.45) is 0 Å². The molecule has 2 aromatic carbocycles. The molecule has 0 N–H and O–H groups in total. The summed E-state index contributed by atoms with van der Waals surface area (Å²) in [6.07, 6.45) is 0. The maximum Gasteiger partial charge on any atom is 0.235 e. The lowest BCUT2D eigenvalue weighted by Gasteiger charge is -2.07. The summed E-state index contributed by atoms with van der Waals surface area (Å²) in [5.74, 6) is 1.44. The number of nitrogens with zero attached hydrogens (tertiary/aromatic N) is 4. The van der Waals surface area contributed by atoms with Crippen LogP contribution >= 0.6 is 11.3 Å². The molecule has 2 heterocycles. The normalized spacial score (nSPS) is 11.0. The summed E-state index contributed by atoms with van der Waals surface area (Å²) in [6.45, 7) is 0. The van der Waals surface area contributed by atoms with Crippen molar-refractivity contribution in [3.63, 3.8) is 0 Å². The van der Waals surface area contributed by atoms with E-state index < -0.39 is 0 Å². The SMILES string of the molecule is COc1ccc(-c2nn3c(-c4cccc(F)c4)nnc3s2)cc1OC. The highest BCUT2D eigenvalue weighted by atomic mass is 32.1. The van der Waals surface area contributed by atoms with Crippen LogP contribution in [0.1, 0.15) is 0 Å². The maximum atomic E-state index is 13.5. The molecule has 6 nitrogen and oxygen atoms in total. The fourth-order valence-electron chi connectivity index (χ4n) is 2.51. The summed E-state index contributed by atoms with van der Waals surface area (Å²) in [5.41, 5.74) is 1.50. The summed E-state index contributed by atoms with van der Waals surface area (Å²) in [6, 6.07) is 11.8. The van der Waals surface area contributed by atoms with Gasteiger partial charge < -0.3 is 9.47 Å². The van der Waals surface area contributed by atoms with Gasteiger partial charge in [0.05, 0.1) is 14.2 Å². The van der Waals surface area contributed by atoms with Gasteiger partial charge in [0.25, 0.3) is 0 Å². The lowest BCUT2D eigenvalue weighted by atomic mass is 10.2. The first kappa shape index (κ1) is 15.5. The zero-order valence-electron chi connectivity index (χ0n) is 13.4. The van der Waals surface area contributed by atoms with Crippen LogP contribution in [0.3, 0.4) is 0 Å². The molecule has 25 heavy (non-hydrogen) atoms. The fourth-order valence-corrected chi connectivity index (χ4v) is 3.35. The van der Waals surface area contributed by atoms with E-state index in [4.69, 9.17) is 9.47 Å². The Bertz CT molecular complexity index is 1060. The average molecular weight is 356 g/mol. The predicted octanol–water partition coefficient (Wildman–Crippen LogP) is 3.68. The number of hydrogen-bond donors (Lipinski definition) is 0. The molecule has 0 amide bonds. The lowest BCUT2D eigenvalue weighted by Crippen LogP contribution is -1.93. The maximum absolute atomic E-state index is 13.5. The Morgan fingerprint density at radius 2 is 1.80 bits per heavy atom. The molecule has 8 heteroatoms. The van der Waals surface area contributed by atoms with Gasteiger partial charge in [-0.05, 0) is 30.3 Å². The molecular weight excluding hydrogens is 343 g/mol. The molecule has 0 unspecified atom stereocenters. The minimum absolute atomic E-state index is 0.329. The van der Waals surface area contributed by atoms with Crippen LogP contribution in [0.5, 0.6) is 11.5 Å². The quantitative estimate of drug-likeness (QED) is 0.558. The highest BCUT2D eigenvalue weighted by Gasteiger charge is 2.16. The van der Waals surface area contributed by atoms with Gasteiger partial charge in [0, 0.05) is 11.1 Å². The highest BCUT2D eigenvalue weighted by molar-refractivity contribution is 7.19. The van der Waals surface area contributed by atoms with Crippen molar-refractivity contribution in [2.75, 3.05) is 14.2 Å². The van der Waals surface area contributed by atoms with E-state index in [1.54, 1.807) is 30.9 Å². The van der Waals surface area contributed by atoms with Gasteiger partial charge in [-0.25, -0.2) is 4.39 Å². The van der Waals surface area contributed by atoms with Crippen molar-refractivity contribution in [3.8, 4) is 33.5 Å². The second kappa shape index (κ2) is 6.14. The second-order valence-corrected chi connectivity index (χ2v) is 6.16. The van der Waals surface area contributed by atoms with Crippen molar-refractivity contribution in [1.29, 1.82) is 0 Å². The number of halogens is 1. The Kier molecular flexibility index (Phi) is 3.81. The van der Waals surface area contributed by atoms with Gasteiger partial charge in [-0.3, -0.25) is 0 Å². The van der Waals surface area contributed by atoms with Crippen LogP contribution in [-0.2, 0) is 0 Å². The molecule has 2 aromatic heterocycles. The molecule has 4 rings (SSSR count). The largest absolute Gasteiger partial charge is 0.493 e. The molecule has 0 aliphatic carbocycles. The molecule has 126 valence electrons. The summed E-state index contributed by atoms with van der Waals surface area (Å²) in [4.78, 5) is 0.629. The Balaban J connectivity index is 1.80. The van der Waals surface area contributed by atoms with Crippen LogP contribution in [0.25, 0.3) is 26.9 Å². The summed E-state index contributed by atoms with van der Waals surface area (Å²) in [7, 11) is 3.17. The molecule has 0 saturated carbocycles. The van der Waals surface area contributed by atoms with E-state index >= 15 is 0 Å². The van der Waals surface area contributed by atoms with Crippen LogP contribution in [-0.4, -0.2) is 34.0 Å². The van der Waals surface area contributed by atoms with Crippen molar-refractivity contribution in [2.45, 2.75) is 0 Å². The first-order chi connectivity index (χ1) is 12.2. The third kappa shape index (κ3) is 2.70. The Hall–Kier alpha value is -3.00. The number of ether oxygens (including phenoxy) is 2. The van der Waals surface area contributed by atoms with Crippen molar-refractivity contribution in [1.82, 2.24) is 19.8 Å². The molecule has 0 atom stereocenters. The van der Waals surface area contributed by atoms with Crippen LogP contribution in [0, 0.1) is 5.82 Å². The zero-order chi connectivity index (χ0) is 17.4. The molecule has 0 spiro atoms. The fraction of sp³-hybridized carbons (Fsp3) is 0.118. The first-order valence-electron chi connectivity index (χ1n) is 7.40. The third-order valence-electron chi connectivity index (χ3n) is 3.70. The summed E-state index contributed by atoms with van der Waals surface area (Å²) < 4.78 is 25.7. The average Bonchev–Trinajstić information content (AvgIpc) is 3.21. The topological polar surface area (TPSA) is 61.5 Å². The van der Waals surface area contributed by atoms with Crippen LogP contribution in [0.2, 0.25) is 0 Å². The van der Waals surface area contributed by atoms with E-state index in [9.17, 15) is 4.39 Å². The molecular formula is C17H13FN4O2S. The van der Waals surface area contributed by atoms with Gasteiger partial charge in [-0.1, -0.05) is 23.5 Å².